The van der Waals surface area contributed by atoms with Crippen molar-refractivity contribution in [1.29, 1.82) is 0 Å². The van der Waals surface area contributed by atoms with E-state index < -0.39 is 11.9 Å². The average molecular weight is 328 g/mol. The summed E-state index contributed by atoms with van der Waals surface area (Å²) in [5, 5.41) is 9.30. The topological polar surface area (TPSA) is 76.0 Å². The number of carbonyl (C=O) groups excluding carboxylic acids is 1. The van der Waals surface area contributed by atoms with Gasteiger partial charge in [0.05, 0.1) is 16.1 Å². The number of ether oxygens (including phenoxy) is 1. The number of aliphatic imine (C=N–C) groups is 1. The third-order valence-electron chi connectivity index (χ3n) is 3.19. The van der Waals surface area contributed by atoms with E-state index in [0.717, 1.165) is 0 Å². The molecule has 0 radical (unpaired) electrons. The maximum absolute atomic E-state index is 11.9. The molecule has 0 fully saturated rings. The molecule has 0 saturated heterocycles. The molecule has 0 aromatic heterocycles. The zero-order valence-corrected chi connectivity index (χ0v) is 12.4. The summed E-state index contributed by atoms with van der Waals surface area (Å²) in [7, 11) is 0. The Morgan fingerprint density at radius 2 is 1.83 bits per heavy atom. The van der Waals surface area contributed by atoms with Gasteiger partial charge in [0.15, 0.2) is 5.70 Å². The monoisotopic (exact) mass is 327 g/mol. The normalized spacial score (nSPS) is 15.4. The second-order valence-corrected chi connectivity index (χ2v) is 5.15. The lowest BCUT2D eigenvalue weighted by Crippen LogP contribution is -2.05. The molecule has 5 nitrogen and oxygen atoms in total. The number of rotatable bonds is 3. The lowest BCUT2D eigenvalue weighted by Gasteiger charge is -2.00. The van der Waals surface area contributed by atoms with Crippen molar-refractivity contribution in [1.82, 2.24) is 0 Å². The van der Waals surface area contributed by atoms with E-state index in [2.05, 4.69) is 4.99 Å². The molecule has 23 heavy (non-hydrogen) atoms. The fourth-order valence-corrected chi connectivity index (χ4v) is 2.26. The molecule has 1 heterocycles. The second-order valence-electron chi connectivity index (χ2n) is 4.74. The number of hydrogen-bond donors (Lipinski definition) is 1. The van der Waals surface area contributed by atoms with Gasteiger partial charge in [-0.05, 0) is 35.9 Å². The Balaban J connectivity index is 1.92. The molecule has 2 aromatic rings. The number of esters is 1. The highest BCUT2D eigenvalue weighted by molar-refractivity contribution is 6.34. The van der Waals surface area contributed by atoms with E-state index in [1.54, 1.807) is 36.4 Å². The molecule has 0 aliphatic carbocycles. The van der Waals surface area contributed by atoms with Crippen molar-refractivity contribution in [3.63, 3.8) is 0 Å². The zero-order chi connectivity index (χ0) is 16.4. The van der Waals surface area contributed by atoms with E-state index in [1.807, 2.05) is 0 Å². The minimum Gasteiger partial charge on any atom is -0.478 e. The molecule has 3 rings (SSSR count). The number of benzene rings is 2. The van der Waals surface area contributed by atoms with Gasteiger partial charge in [-0.3, -0.25) is 0 Å². The standard InChI is InChI=1S/C17H10ClNO4/c18-13-4-2-1-3-12(13)15-19-14(17(22)23-15)9-10-5-7-11(8-6-10)16(20)21/h1-9H,(H,20,21)/b14-9+. The van der Waals surface area contributed by atoms with Crippen LogP contribution in [0.5, 0.6) is 0 Å². The Morgan fingerprint density at radius 3 is 2.48 bits per heavy atom. The number of aromatic carboxylic acids is 1. The summed E-state index contributed by atoms with van der Waals surface area (Å²) in [5.41, 5.74) is 1.47. The predicted molar refractivity (Wildman–Crippen MR) is 85.5 cm³/mol. The number of carboxylic acids is 1. The molecule has 0 atom stereocenters. The lowest BCUT2D eigenvalue weighted by atomic mass is 10.1. The first-order chi connectivity index (χ1) is 11.0. The minimum absolute atomic E-state index is 0.128. The van der Waals surface area contributed by atoms with Crippen molar-refractivity contribution >= 4 is 35.5 Å². The summed E-state index contributed by atoms with van der Waals surface area (Å²) < 4.78 is 5.14. The molecule has 1 N–H and O–H groups in total. The van der Waals surface area contributed by atoms with Gasteiger partial charge in [-0.15, -0.1) is 0 Å². The van der Waals surface area contributed by atoms with Crippen molar-refractivity contribution < 1.29 is 19.4 Å². The Bertz CT molecular complexity index is 853. The molecule has 0 unspecified atom stereocenters. The van der Waals surface area contributed by atoms with Crippen LogP contribution >= 0.6 is 11.6 Å². The van der Waals surface area contributed by atoms with Crippen LogP contribution < -0.4 is 0 Å². The number of carbonyl (C=O) groups is 2. The van der Waals surface area contributed by atoms with E-state index >= 15 is 0 Å². The fraction of sp³-hybridized carbons (Fsp3) is 0. The summed E-state index contributed by atoms with van der Waals surface area (Å²) >= 11 is 6.06. The molecule has 0 bridgehead atoms. The van der Waals surface area contributed by atoms with Gasteiger partial charge in [-0.1, -0.05) is 35.9 Å². The van der Waals surface area contributed by atoms with E-state index in [-0.39, 0.29) is 17.2 Å². The third-order valence-corrected chi connectivity index (χ3v) is 3.52. The largest absolute Gasteiger partial charge is 0.478 e. The third kappa shape index (κ3) is 3.14. The molecular formula is C17H10ClNO4. The summed E-state index contributed by atoms with van der Waals surface area (Å²) in [4.78, 5) is 26.9. The molecule has 2 aromatic carbocycles. The van der Waals surface area contributed by atoms with Gasteiger partial charge in [-0.2, -0.15) is 0 Å². The first kappa shape index (κ1) is 15.0. The van der Waals surface area contributed by atoms with Gasteiger partial charge >= 0.3 is 11.9 Å². The number of halogens is 1. The fourth-order valence-electron chi connectivity index (χ4n) is 2.04. The molecule has 0 saturated carbocycles. The molecule has 1 aliphatic rings. The van der Waals surface area contributed by atoms with Crippen molar-refractivity contribution in [2.75, 3.05) is 0 Å². The summed E-state index contributed by atoms with van der Waals surface area (Å²) in [6.07, 6.45) is 1.53. The predicted octanol–water partition coefficient (Wildman–Crippen LogP) is 3.38. The van der Waals surface area contributed by atoms with Gasteiger partial charge in [0.25, 0.3) is 0 Å². The molecule has 1 aliphatic heterocycles. The lowest BCUT2D eigenvalue weighted by molar-refractivity contribution is -0.129. The van der Waals surface area contributed by atoms with Crippen LogP contribution in [0.4, 0.5) is 0 Å². The Labute approximate surface area is 136 Å². The highest BCUT2D eigenvalue weighted by atomic mass is 35.5. The van der Waals surface area contributed by atoms with E-state index in [9.17, 15) is 9.59 Å². The maximum Gasteiger partial charge on any atom is 0.363 e. The number of nitrogens with zero attached hydrogens (tertiary/aromatic N) is 1. The Morgan fingerprint density at radius 1 is 1.13 bits per heavy atom. The van der Waals surface area contributed by atoms with Crippen LogP contribution in [-0.2, 0) is 9.53 Å². The van der Waals surface area contributed by atoms with Gasteiger partial charge in [-0.25, -0.2) is 14.6 Å². The van der Waals surface area contributed by atoms with Crippen LogP contribution in [0.2, 0.25) is 5.02 Å². The highest BCUT2D eigenvalue weighted by Crippen LogP contribution is 2.23. The summed E-state index contributed by atoms with van der Waals surface area (Å²) in [6.45, 7) is 0. The molecule has 6 heteroatoms. The van der Waals surface area contributed by atoms with Crippen LogP contribution in [0.15, 0.2) is 59.2 Å². The van der Waals surface area contributed by atoms with Crippen molar-refractivity contribution in [3.8, 4) is 0 Å². The number of hydrogen-bond acceptors (Lipinski definition) is 4. The molecule has 0 spiro atoms. The minimum atomic E-state index is -1.01. The van der Waals surface area contributed by atoms with Gasteiger partial charge in [0.1, 0.15) is 0 Å². The van der Waals surface area contributed by atoms with Gasteiger partial charge in [0, 0.05) is 0 Å². The summed E-state index contributed by atoms with van der Waals surface area (Å²) in [5.74, 6) is -1.44. The number of cyclic esters (lactones) is 1. The highest BCUT2D eigenvalue weighted by Gasteiger charge is 2.25. The molecular weight excluding hydrogens is 318 g/mol. The average Bonchev–Trinajstić information content (AvgIpc) is 2.89. The van der Waals surface area contributed by atoms with E-state index in [0.29, 0.717) is 16.1 Å². The van der Waals surface area contributed by atoms with Crippen LogP contribution in [0.1, 0.15) is 21.5 Å². The van der Waals surface area contributed by atoms with Crippen molar-refractivity contribution in [3.05, 3.63) is 75.9 Å². The molecule has 0 amide bonds. The van der Waals surface area contributed by atoms with E-state index in [1.165, 1.54) is 18.2 Å². The van der Waals surface area contributed by atoms with Gasteiger partial charge < -0.3 is 9.84 Å². The first-order valence-corrected chi connectivity index (χ1v) is 7.03. The van der Waals surface area contributed by atoms with Crippen LogP contribution in [-0.4, -0.2) is 22.9 Å². The van der Waals surface area contributed by atoms with Crippen LogP contribution in [0.25, 0.3) is 6.08 Å². The van der Waals surface area contributed by atoms with Crippen LogP contribution in [0, 0.1) is 0 Å². The maximum atomic E-state index is 11.9. The van der Waals surface area contributed by atoms with E-state index in [4.69, 9.17) is 21.4 Å². The smallest absolute Gasteiger partial charge is 0.363 e. The zero-order valence-electron chi connectivity index (χ0n) is 11.7. The molecule has 114 valence electrons. The first-order valence-electron chi connectivity index (χ1n) is 6.65. The van der Waals surface area contributed by atoms with Crippen molar-refractivity contribution in [2.24, 2.45) is 4.99 Å². The second kappa shape index (κ2) is 6.06. The van der Waals surface area contributed by atoms with Crippen molar-refractivity contribution in [2.45, 2.75) is 0 Å². The number of carboxylic acid groups (broad SMARTS) is 1. The Hall–Kier alpha value is -2.92. The van der Waals surface area contributed by atoms with Gasteiger partial charge in [0.2, 0.25) is 5.90 Å². The van der Waals surface area contributed by atoms with Crippen LogP contribution in [0.3, 0.4) is 0 Å². The SMILES string of the molecule is O=C1OC(c2ccccc2Cl)=N/C1=C/c1ccc(C(=O)O)cc1. The Kier molecular flexibility index (Phi) is 3.95. The quantitative estimate of drug-likeness (QED) is 0.692. The summed E-state index contributed by atoms with van der Waals surface area (Å²) in [6, 6.07) is 13.0.